The van der Waals surface area contributed by atoms with Crippen molar-refractivity contribution in [2.75, 3.05) is 26.2 Å². The van der Waals surface area contributed by atoms with Crippen LogP contribution in [0.3, 0.4) is 0 Å². The molecule has 1 aliphatic rings. The third-order valence-electron chi connectivity index (χ3n) is 4.57. The highest BCUT2D eigenvalue weighted by molar-refractivity contribution is 5.91. The molecule has 140 valence electrons. The molecule has 0 saturated carbocycles. The van der Waals surface area contributed by atoms with Crippen molar-refractivity contribution >= 4 is 5.91 Å². The molecule has 1 N–H and O–H groups in total. The number of hydrogen-bond donors (Lipinski definition) is 1. The summed E-state index contributed by atoms with van der Waals surface area (Å²) < 4.78 is 28.6. The second kappa shape index (κ2) is 8.84. The summed E-state index contributed by atoms with van der Waals surface area (Å²) in [6, 6.07) is 3.68. The fourth-order valence-corrected chi connectivity index (χ4v) is 3.10. The molecular formula is C18H23F2N5O. The third-order valence-corrected chi connectivity index (χ3v) is 4.57. The van der Waals surface area contributed by atoms with Crippen LogP contribution in [0, 0.1) is 11.6 Å². The summed E-state index contributed by atoms with van der Waals surface area (Å²) in [4.78, 5) is 14.5. The van der Waals surface area contributed by atoms with E-state index in [2.05, 4.69) is 20.5 Å². The van der Waals surface area contributed by atoms with Gasteiger partial charge in [0.2, 0.25) is 0 Å². The minimum absolute atomic E-state index is 0.106. The first kappa shape index (κ1) is 18.4. The average Bonchev–Trinajstić information content (AvgIpc) is 2.94. The van der Waals surface area contributed by atoms with Gasteiger partial charge in [0.1, 0.15) is 11.6 Å². The molecule has 0 bridgehead atoms. The number of rotatable bonds is 6. The van der Waals surface area contributed by atoms with Crippen LogP contribution >= 0.6 is 0 Å². The van der Waals surface area contributed by atoms with Crippen LogP contribution in [-0.4, -0.2) is 52.0 Å². The summed E-state index contributed by atoms with van der Waals surface area (Å²) in [5.41, 5.74) is 0.0307. The van der Waals surface area contributed by atoms with Crippen LogP contribution < -0.4 is 5.32 Å². The molecule has 26 heavy (non-hydrogen) atoms. The van der Waals surface area contributed by atoms with Gasteiger partial charge in [-0.2, -0.15) is 0 Å². The van der Waals surface area contributed by atoms with Gasteiger partial charge in [-0.1, -0.05) is 24.1 Å². The summed E-state index contributed by atoms with van der Waals surface area (Å²) in [6.45, 7) is 3.36. The van der Waals surface area contributed by atoms with E-state index in [4.69, 9.17) is 0 Å². The number of hydrogen-bond acceptors (Lipinski definition) is 4. The summed E-state index contributed by atoms with van der Waals surface area (Å²) >= 11 is 0. The maximum absolute atomic E-state index is 13.7. The van der Waals surface area contributed by atoms with Gasteiger partial charge in [0.25, 0.3) is 5.91 Å². The molecule has 0 atom stereocenters. The van der Waals surface area contributed by atoms with Crippen LogP contribution in [0.15, 0.2) is 24.4 Å². The van der Waals surface area contributed by atoms with E-state index in [1.54, 1.807) is 0 Å². The molecule has 0 unspecified atom stereocenters. The van der Waals surface area contributed by atoms with Crippen LogP contribution in [0.1, 0.15) is 41.7 Å². The second-order valence-electron chi connectivity index (χ2n) is 6.51. The molecule has 3 rings (SSSR count). The van der Waals surface area contributed by atoms with Gasteiger partial charge in [-0.25, -0.2) is 13.5 Å². The fourth-order valence-electron chi connectivity index (χ4n) is 3.10. The smallest absolute Gasteiger partial charge is 0.273 e. The van der Waals surface area contributed by atoms with Crippen LogP contribution in [-0.2, 0) is 6.54 Å². The fraction of sp³-hybridized carbons (Fsp3) is 0.500. The minimum Gasteiger partial charge on any atom is -0.349 e. The van der Waals surface area contributed by atoms with Crippen molar-refractivity contribution in [2.24, 2.45) is 0 Å². The normalized spacial score (nSPS) is 15.6. The Morgan fingerprint density at radius 3 is 2.50 bits per heavy atom. The highest BCUT2D eigenvalue weighted by Crippen LogP contribution is 2.13. The molecule has 0 spiro atoms. The highest BCUT2D eigenvalue weighted by Gasteiger charge is 2.14. The summed E-state index contributed by atoms with van der Waals surface area (Å²) in [7, 11) is 0. The molecule has 1 amide bonds. The standard InChI is InChI=1S/C18H23F2N5O/c19-15-6-5-7-16(20)14(15)12-25-13-17(22-23-25)18(26)21-8-11-24-9-3-1-2-4-10-24/h5-7,13H,1-4,8-12H2,(H,21,26). The lowest BCUT2D eigenvalue weighted by molar-refractivity contribution is 0.0943. The monoisotopic (exact) mass is 363 g/mol. The van der Waals surface area contributed by atoms with E-state index in [1.807, 2.05) is 0 Å². The van der Waals surface area contributed by atoms with Crippen LogP contribution in [0.5, 0.6) is 0 Å². The maximum atomic E-state index is 13.7. The van der Waals surface area contributed by atoms with E-state index in [-0.39, 0.29) is 23.7 Å². The number of carbonyl (C=O) groups is 1. The topological polar surface area (TPSA) is 63.1 Å². The molecule has 6 nitrogen and oxygen atoms in total. The quantitative estimate of drug-likeness (QED) is 0.855. The van der Waals surface area contributed by atoms with E-state index >= 15 is 0 Å². The minimum atomic E-state index is -0.649. The number of carbonyl (C=O) groups excluding carboxylic acids is 1. The molecule has 1 aromatic carbocycles. The SMILES string of the molecule is O=C(NCCN1CCCCCC1)c1cn(Cc2c(F)cccc2F)nn1. The van der Waals surface area contributed by atoms with Gasteiger partial charge in [-0.15, -0.1) is 5.10 Å². The molecular weight excluding hydrogens is 340 g/mol. The summed E-state index contributed by atoms with van der Waals surface area (Å²) in [6.07, 6.45) is 6.35. The molecule has 8 heteroatoms. The number of nitrogens with one attached hydrogen (secondary N) is 1. The average molecular weight is 363 g/mol. The molecule has 1 aliphatic heterocycles. The van der Waals surface area contributed by atoms with E-state index in [1.165, 1.54) is 54.8 Å². The predicted octanol–water partition coefficient (Wildman–Crippen LogP) is 2.21. The van der Waals surface area contributed by atoms with E-state index in [0.717, 1.165) is 19.6 Å². The first-order valence-corrected chi connectivity index (χ1v) is 8.97. The Balaban J connectivity index is 1.51. The molecule has 0 radical (unpaired) electrons. The molecule has 2 heterocycles. The zero-order valence-electron chi connectivity index (χ0n) is 14.6. The molecule has 2 aromatic rings. The lowest BCUT2D eigenvalue weighted by atomic mass is 10.2. The number of benzene rings is 1. The summed E-state index contributed by atoms with van der Waals surface area (Å²) in [5.74, 6) is -1.63. The van der Waals surface area contributed by atoms with Crippen molar-refractivity contribution in [3.05, 3.63) is 47.3 Å². The first-order chi connectivity index (χ1) is 12.6. The Kier molecular flexibility index (Phi) is 6.27. The van der Waals surface area contributed by atoms with Crippen molar-refractivity contribution in [2.45, 2.75) is 32.2 Å². The molecule has 1 fully saturated rings. The van der Waals surface area contributed by atoms with Crippen molar-refractivity contribution in [3.63, 3.8) is 0 Å². The molecule has 1 saturated heterocycles. The van der Waals surface area contributed by atoms with Crippen molar-refractivity contribution in [3.8, 4) is 0 Å². The Labute approximate surface area is 151 Å². The van der Waals surface area contributed by atoms with Gasteiger partial charge in [0, 0.05) is 18.7 Å². The van der Waals surface area contributed by atoms with Crippen LogP contribution in [0.25, 0.3) is 0 Å². The zero-order valence-corrected chi connectivity index (χ0v) is 14.6. The van der Waals surface area contributed by atoms with Gasteiger partial charge in [0.05, 0.1) is 12.7 Å². The van der Waals surface area contributed by atoms with Gasteiger partial charge in [-0.3, -0.25) is 4.79 Å². The second-order valence-corrected chi connectivity index (χ2v) is 6.51. The predicted molar refractivity (Wildman–Crippen MR) is 92.7 cm³/mol. The highest BCUT2D eigenvalue weighted by atomic mass is 19.1. The van der Waals surface area contributed by atoms with E-state index in [9.17, 15) is 13.6 Å². The van der Waals surface area contributed by atoms with E-state index < -0.39 is 11.6 Å². The van der Waals surface area contributed by atoms with Crippen LogP contribution in [0.4, 0.5) is 8.78 Å². The zero-order chi connectivity index (χ0) is 18.4. The molecule has 1 aromatic heterocycles. The Hall–Kier alpha value is -2.35. The van der Waals surface area contributed by atoms with E-state index in [0.29, 0.717) is 6.54 Å². The lowest BCUT2D eigenvalue weighted by Gasteiger charge is -2.19. The largest absolute Gasteiger partial charge is 0.349 e. The molecule has 0 aliphatic carbocycles. The van der Waals surface area contributed by atoms with Gasteiger partial charge >= 0.3 is 0 Å². The maximum Gasteiger partial charge on any atom is 0.273 e. The van der Waals surface area contributed by atoms with Gasteiger partial charge in [-0.05, 0) is 38.1 Å². The van der Waals surface area contributed by atoms with Crippen molar-refractivity contribution in [1.29, 1.82) is 0 Å². The number of amides is 1. The Morgan fingerprint density at radius 2 is 1.81 bits per heavy atom. The number of likely N-dealkylation sites (tertiary alicyclic amines) is 1. The third kappa shape index (κ3) is 4.85. The first-order valence-electron chi connectivity index (χ1n) is 8.97. The lowest BCUT2D eigenvalue weighted by Crippen LogP contribution is -2.35. The Morgan fingerprint density at radius 1 is 1.12 bits per heavy atom. The van der Waals surface area contributed by atoms with Crippen molar-refractivity contribution < 1.29 is 13.6 Å². The summed E-state index contributed by atoms with van der Waals surface area (Å²) in [5, 5.41) is 10.4. The number of halogens is 2. The Bertz CT molecular complexity index is 721. The number of nitrogens with zero attached hydrogens (tertiary/aromatic N) is 4. The number of aromatic nitrogens is 3. The van der Waals surface area contributed by atoms with Crippen molar-refractivity contribution in [1.82, 2.24) is 25.2 Å². The van der Waals surface area contributed by atoms with Crippen LogP contribution in [0.2, 0.25) is 0 Å². The van der Waals surface area contributed by atoms with Gasteiger partial charge in [0.15, 0.2) is 5.69 Å². The van der Waals surface area contributed by atoms with Gasteiger partial charge < -0.3 is 10.2 Å².